The SMILES string of the molecule is CC1CCC(N(C)C(=O)CNCCC(=O)O)CC1. The topological polar surface area (TPSA) is 69.6 Å². The lowest BCUT2D eigenvalue weighted by molar-refractivity contribution is -0.137. The molecule has 0 aromatic carbocycles. The first-order valence-corrected chi connectivity index (χ1v) is 6.69. The van der Waals surface area contributed by atoms with Gasteiger partial charge in [0.15, 0.2) is 0 Å². The van der Waals surface area contributed by atoms with Crippen LogP contribution in [-0.4, -0.2) is 48.1 Å². The van der Waals surface area contributed by atoms with Crippen LogP contribution in [0.15, 0.2) is 0 Å². The summed E-state index contributed by atoms with van der Waals surface area (Å²) in [5.41, 5.74) is 0. The van der Waals surface area contributed by atoms with E-state index in [1.807, 2.05) is 11.9 Å². The summed E-state index contributed by atoms with van der Waals surface area (Å²) in [5.74, 6) is -0.0112. The summed E-state index contributed by atoms with van der Waals surface area (Å²) >= 11 is 0. The zero-order valence-corrected chi connectivity index (χ0v) is 11.3. The van der Waals surface area contributed by atoms with Gasteiger partial charge in [0.05, 0.1) is 13.0 Å². The van der Waals surface area contributed by atoms with E-state index in [1.165, 1.54) is 12.8 Å². The zero-order chi connectivity index (χ0) is 13.5. The Morgan fingerprint density at radius 2 is 1.89 bits per heavy atom. The first-order valence-electron chi connectivity index (χ1n) is 6.69. The van der Waals surface area contributed by atoms with Crippen molar-refractivity contribution in [3.63, 3.8) is 0 Å². The van der Waals surface area contributed by atoms with Gasteiger partial charge in [-0.2, -0.15) is 0 Å². The number of carboxylic acid groups (broad SMARTS) is 1. The second-order valence-electron chi connectivity index (χ2n) is 5.24. The van der Waals surface area contributed by atoms with E-state index in [1.54, 1.807) is 0 Å². The van der Waals surface area contributed by atoms with Crippen molar-refractivity contribution in [2.24, 2.45) is 5.92 Å². The maximum Gasteiger partial charge on any atom is 0.304 e. The Hall–Kier alpha value is -1.10. The van der Waals surface area contributed by atoms with E-state index in [-0.39, 0.29) is 18.9 Å². The van der Waals surface area contributed by atoms with Crippen LogP contribution in [0.4, 0.5) is 0 Å². The fourth-order valence-corrected chi connectivity index (χ4v) is 2.35. The number of hydrogen-bond donors (Lipinski definition) is 2. The number of likely N-dealkylation sites (N-methyl/N-ethyl adjacent to an activating group) is 1. The summed E-state index contributed by atoms with van der Waals surface area (Å²) in [4.78, 5) is 24.0. The lowest BCUT2D eigenvalue weighted by atomic mass is 9.87. The van der Waals surface area contributed by atoms with Crippen molar-refractivity contribution in [1.29, 1.82) is 0 Å². The van der Waals surface area contributed by atoms with Crippen molar-refractivity contribution < 1.29 is 14.7 Å². The predicted molar refractivity (Wildman–Crippen MR) is 69.3 cm³/mol. The van der Waals surface area contributed by atoms with E-state index < -0.39 is 5.97 Å². The molecule has 0 radical (unpaired) electrons. The van der Waals surface area contributed by atoms with Gasteiger partial charge in [-0.05, 0) is 31.6 Å². The third-order valence-electron chi connectivity index (χ3n) is 3.72. The number of nitrogens with one attached hydrogen (secondary N) is 1. The Morgan fingerprint density at radius 1 is 1.28 bits per heavy atom. The van der Waals surface area contributed by atoms with Crippen LogP contribution in [0, 0.1) is 5.92 Å². The molecule has 0 spiro atoms. The van der Waals surface area contributed by atoms with E-state index in [4.69, 9.17) is 5.11 Å². The molecule has 0 heterocycles. The van der Waals surface area contributed by atoms with Gasteiger partial charge in [0.2, 0.25) is 5.91 Å². The van der Waals surface area contributed by atoms with Crippen LogP contribution in [0.2, 0.25) is 0 Å². The molecular weight excluding hydrogens is 232 g/mol. The number of carboxylic acids is 1. The Balaban J connectivity index is 2.22. The van der Waals surface area contributed by atoms with Crippen LogP contribution in [0.5, 0.6) is 0 Å². The number of rotatable bonds is 6. The minimum Gasteiger partial charge on any atom is -0.481 e. The van der Waals surface area contributed by atoms with Crippen molar-refractivity contribution in [2.75, 3.05) is 20.1 Å². The molecule has 0 aromatic heterocycles. The largest absolute Gasteiger partial charge is 0.481 e. The molecule has 5 nitrogen and oxygen atoms in total. The van der Waals surface area contributed by atoms with E-state index in [2.05, 4.69) is 12.2 Å². The summed E-state index contributed by atoms with van der Waals surface area (Å²) in [6, 6.07) is 0.356. The lowest BCUT2D eigenvalue weighted by Crippen LogP contribution is -2.43. The van der Waals surface area contributed by atoms with Gasteiger partial charge in [0, 0.05) is 19.6 Å². The zero-order valence-electron chi connectivity index (χ0n) is 11.3. The third kappa shape index (κ3) is 5.04. The second-order valence-corrected chi connectivity index (χ2v) is 5.24. The molecule has 1 aliphatic rings. The number of carbonyl (C=O) groups excluding carboxylic acids is 1. The smallest absolute Gasteiger partial charge is 0.304 e. The fraction of sp³-hybridized carbons (Fsp3) is 0.846. The van der Waals surface area contributed by atoms with Crippen molar-refractivity contribution in [2.45, 2.75) is 45.1 Å². The Morgan fingerprint density at radius 3 is 2.44 bits per heavy atom. The number of amides is 1. The number of carbonyl (C=O) groups is 2. The van der Waals surface area contributed by atoms with Crippen LogP contribution >= 0.6 is 0 Å². The lowest BCUT2D eigenvalue weighted by Gasteiger charge is -2.33. The normalized spacial score (nSPS) is 23.7. The van der Waals surface area contributed by atoms with Gasteiger partial charge in [0.1, 0.15) is 0 Å². The van der Waals surface area contributed by atoms with E-state index in [9.17, 15) is 9.59 Å². The van der Waals surface area contributed by atoms with Crippen LogP contribution < -0.4 is 5.32 Å². The molecule has 0 aliphatic heterocycles. The highest BCUT2D eigenvalue weighted by Gasteiger charge is 2.24. The molecule has 0 saturated heterocycles. The molecule has 2 N–H and O–H groups in total. The standard InChI is InChI=1S/C13H24N2O3/c1-10-3-5-11(6-4-10)15(2)12(16)9-14-8-7-13(17)18/h10-11,14H,3-9H2,1-2H3,(H,17,18). The molecule has 1 rings (SSSR count). The van der Waals surface area contributed by atoms with Gasteiger partial charge in [-0.15, -0.1) is 0 Å². The highest BCUT2D eigenvalue weighted by molar-refractivity contribution is 5.78. The summed E-state index contributed by atoms with van der Waals surface area (Å²) in [6.07, 6.45) is 4.60. The molecule has 1 fully saturated rings. The number of hydrogen-bond acceptors (Lipinski definition) is 3. The highest BCUT2D eigenvalue weighted by Crippen LogP contribution is 2.26. The fourth-order valence-electron chi connectivity index (χ4n) is 2.35. The monoisotopic (exact) mass is 256 g/mol. The van der Waals surface area contributed by atoms with E-state index in [0.717, 1.165) is 18.8 Å². The Labute approximate surface area is 109 Å². The molecule has 1 saturated carbocycles. The average Bonchev–Trinajstić information content (AvgIpc) is 2.34. The van der Waals surface area contributed by atoms with Crippen LogP contribution in [0.1, 0.15) is 39.0 Å². The molecule has 1 amide bonds. The van der Waals surface area contributed by atoms with Crippen molar-refractivity contribution >= 4 is 11.9 Å². The number of nitrogens with zero attached hydrogens (tertiary/aromatic N) is 1. The molecule has 5 heteroatoms. The molecule has 1 aliphatic carbocycles. The second kappa shape index (κ2) is 7.36. The summed E-state index contributed by atoms with van der Waals surface area (Å²) < 4.78 is 0. The van der Waals surface area contributed by atoms with Crippen molar-refractivity contribution in [3.8, 4) is 0 Å². The molecular formula is C13H24N2O3. The van der Waals surface area contributed by atoms with E-state index >= 15 is 0 Å². The maximum atomic E-state index is 11.9. The van der Waals surface area contributed by atoms with Gasteiger partial charge in [-0.1, -0.05) is 6.92 Å². The number of aliphatic carboxylic acids is 1. The van der Waals surface area contributed by atoms with Gasteiger partial charge in [-0.25, -0.2) is 0 Å². The molecule has 0 bridgehead atoms. The van der Waals surface area contributed by atoms with E-state index in [0.29, 0.717) is 12.6 Å². The molecule has 104 valence electrons. The quantitative estimate of drug-likeness (QED) is 0.698. The molecule has 0 unspecified atom stereocenters. The third-order valence-corrected chi connectivity index (χ3v) is 3.72. The first-order chi connectivity index (χ1) is 8.50. The molecule has 18 heavy (non-hydrogen) atoms. The maximum absolute atomic E-state index is 11.9. The van der Waals surface area contributed by atoms with Gasteiger partial charge in [0.25, 0.3) is 0 Å². The van der Waals surface area contributed by atoms with Crippen molar-refractivity contribution in [1.82, 2.24) is 10.2 Å². The first kappa shape index (κ1) is 15.0. The van der Waals surface area contributed by atoms with Gasteiger partial charge < -0.3 is 15.3 Å². The van der Waals surface area contributed by atoms with Gasteiger partial charge in [-0.3, -0.25) is 9.59 Å². The van der Waals surface area contributed by atoms with Crippen LogP contribution in [0.25, 0.3) is 0 Å². The van der Waals surface area contributed by atoms with Crippen LogP contribution in [-0.2, 0) is 9.59 Å². The summed E-state index contributed by atoms with van der Waals surface area (Å²) in [6.45, 7) is 2.83. The highest BCUT2D eigenvalue weighted by atomic mass is 16.4. The predicted octanol–water partition coefficient (Wildman–Crippen LogP) is 1.09. The van der Waals surface area contributed by atoms with Crippen LogP contribution in [0.3, 0.4) is 0 Å². The van der Waals surface area contributed by atoms with Crippen molar-refractivity contribution in [3.05, 3.63) is 0 Å². The Kier molecular flexibility index (Phi) is 6.12. The van der Waals surface area contributed by atoms with Gasteiger partial charge >= 0.3 is 5.97 Å². The minimum atomic E-state index is -0.843. The molecule has 0 aromatic rings. The summed E-state index contributed by atoms with van der Waals surface area (Å²) in [5, 5.41) is 11.4. The molecule has 0 atom stereocenters. The minimum absolute atomic E-state index is 0.0535. The Bertz CT molecular complexity index is 286. The average molecular weight is 256 g/mol. The summed E-state index contributed by atoms with van der Waals surface area (Å²) in [7, 11) is 1.85.